The molecule has 0 radical (unpaired) electrons. The van der Waals surface area contributed by atoms with E-state index in [0.29, 0.717) is 12.1 Å². The molecule has 0 bridgehead atoms. The third-order valence-corrected chi connectivity index (χ3v) is 4.07. The van der Waals surface area contributed by atoms with Gasteiger partial charge in [0.15, 0.2) is 6.54 Å². The fourth-order valence-corrected chi connectivity index (χ4v) is 2.73. The van der Waals surface area contributed by atoms with Crippen molar-refractivity contribution in [3.8, 4) is 0 Å². The number of amides is 1. The second-order valence-electron chi connectivity index (χ2n) is 5.59. The van der Waals surface area contributed by atoms with Gasteiger partial charge in [0.2, 0.25) is 0 Å². The summed E-state index contributed by atoms with van der Waals surface area (Å²) in [5.41, 5.74) is 0.482. The molecule has 0 aliphatic carbocycles. The summed E-state index contributed by atoms with van der Waals surface area (Å²) in [6.07, 6.45) is 1.48. The lowest BCUT2D eigenvalue weighted by atomic mass is 9.97. The Kier molecular flexibility index (Phi) is 5.89. The number of esters is 1. The molecule has 1 aliphatic heterocycles. The largest absolute Gasteiger partial charge is 0.469 e. The molecule has 0 atom stereocenters. The number of hydrogen-bond donors (Lipinski definition) is 2. The van der Waals surface area contributed by atoms with Crippen molar-refractivity contribution >= 4 is 11.9 Å². The number of likely N-dealkylation sites (tertiary alicyclic amines) is 1. The first-order valence-corrected chi connectivity index (χ1v) is 7.51. The summed E-state index contributed by atoms with van der Waals surface area (Å²) in [7, 11) is 1.40. The summed E-state index contributed by atoms with van der Waals surface area (Å²) >= 11 is 0. The van der Waals surface area contributed by atoms with Crippen LogP contribution in [0.4, 0.5) is 4.39 Å². The van der Waals surface area contributed by atoms with E-state index in [9.17, 15) is 14.0 Å². The standard InChI is InChI=1S/C16H21FN2O3/c1-22-16(21)12-6-8-19(9-7-12)11-15(20)18-10-13-4-2-3-5-14(13)17/h2-5,12H,6-11H2,1H3,(H,18,20)/p+1. The highest BCUT2D eigenvalue weighted by atomic mass is 19.1. The molecule has 1 saturated heterocycles. The van der Waals surface area contributed by atoms with Crippen LogP contribution in [-0.2, 0) is 20.9 Å². The van der Waals surface area contributed by atoms with Gasteiger partial charge in [0.05, 0.1) is 26.1 Å². The van der Waals surface area contributed by atoms with Crippen LogP contribution in [0.1, 0.15) is 18.4 Å². The lowest BCUT2D eigenvalue weighted by Crippen LogP contribution is -3.14. The van der Waals surface area contributed by atoms with E-state index >= 15 is 0 Å². The van der Waals surface area contributed by atoms with E-state index in [1.165, 1.54) is 13.2 Å². The van der Waals surface area contributed by atoms with E-state index in [4.69, 9.17) is 4.74 Å². The number of quaternary nitrogens is 1. The molecule has 0 saturated carbocycles. The predicted octanol–water partition coefficient (Wildman–Crippen LogP) is -0.0902. The normalized spacial score (nSPS) is 21.2. The number of carbonyl (C=O) groups is 2. The van der Waals surface area contributed by atoms with Crippen molar-refractivity contribution in [3.05, 3.63) is 35.6 Å². The average Bonchev–Trinajstić information content (AvgIpc) is 2.54. The number of carbonyl (C=O) groups excluding carboxylic acids is 2. The summed E-state index contributed by atoms with van der Waals surface area (Å²) in [6.45, 7) is 2.09. The zero-order valence-corrected chi connectivity index (χ0v) is 12.7. The fourth-order valence-electron chi connectivity index (χ4n) is 2.73. The van der Waals surface area contributed by atoms with Crippen LogP contribution in [0.15, 0.2) is 24.3 Å². The van der Waals surface area contributed by atoms with Crippen molar-refractivity contribution in [2.24, 2.45) is 5.92 Å². The monoisotopic (exact) mass is 309 g/mol. The number of benzene rings is 1. The van der Waals surface area contributed by atoms with Crippen molar-refractivity contribution < 1.29 is 23.6 Å². The van der Waals surface area contributed by atoms with Gasteiger partial charge in [0.1, 0.15) is 5.82 Å². The van der Waals surface area contributed by atoms with Gasteiger partial charge in [0, 0.05) is 24.9 Å². The molecule has 1 fully saturated rings. The van der Waals surface area contributed by atoms with Crippen molar-refractivity contribution in [1.29, 1.82) is 0 Å². The van der Waals surface area contributed by atoms with Crippen LogP contribution >= 0.6 is 0 Å². The molecule has 2 N–H and O–H groups in total. The smallest absolute Gasteiger partial charge is 0.309 e. The second-order valence-corrected chi connectivity index (χ2v) is 5.59. The number of methoxy groups -OCH3 is 1. The zero-order chi connectivity index (χ0) is 15.9. The first-order chi connectivity index (χ1) is 10.6. The molecule has 22 heavy (non-hydrogen) atoms. The van der Waals surface area contributed by atoms with Crippen LogP contribution in [-0.4, -0.2) is 38.6 Å². The van der Waals surface area contributed by atoms with Crippen LogP contribution < -0.4 is 10.2 Å². The van der Waals surface area contributed by atoms with E-state index in [1.807, 2.05) is 0 Å². The number of piperidine rings is 1. The van der Waals surface area contributed by atoms with Gasteiger partial charge < -0.3 is 15.0 Å². The molecular formula is C16H22FN2O3+. The molecule has 0 unspecified atom stereocenters. The topological polar surface area (TPSA) is 59.8 Å². The Balaban J connectivity index is 1.72. The molecule has 120 valence electrons. The maximum absolute atomic E-state index is 13.5. The van der Waals surface area contributed by atoms with Gasteiger partial charge in [-0.2, -0.15) is 0 Å². The van der Waals surface area contributed by atoms with Crippen molar-refractivity contribution in [3.63, 3.8) is 0 Å². The molecule has 1 aliphatic rings. The van der Waals surface area contributed by atoms with Crippen LogP contribution in [0.25, 0.3) is 0 Å². The van der Waals surface area contributed by atoms with Crippen molar-refractivity contribution in [1.82, 2.24) is 5.32 Å². The first-order valence-electron chi connectivity index (χ1n) is 7.51. The Hall–Kier alpha value is -1.95. The predicted molar refractivity (Wildman–Crippen MR) is 78.6 cm³/mol. The number of nitrogens with one attached hydrogen (secondary N) is 2. The number of halogens is 1. The molecule has 1 aromatic carbocycles. The van der Waals surface area contributed by atoms with Gasteiger partial charge in [-0.05, 0) is 6.07 Å². The quantitative estimate of drug-likeness (QED) is 0.748. The summed E-state index contributed by atoms with van der Waals surface area (Å²) in [6, 6.07) is 6.40. The lowest BCUT2D eigenvalue weighted by molar-refractivity contribution is -0.897. The average molecular weight is 309 g/mol. The maximum Gasteiger partial charge on any atom is 0.309 e. The molecule has 1 heterocycles. The summed E-state index contributed by atoms with van der Waals surface area (Å²) in [4.78, 5) is 24.5. The van der Waals surface area contributed by atoms with Crippen LogP contribution in [0.2, 0.25) is 0 Å². The van der Waals surface area contributed by atoms with Gasteiger partial charge in [-0.3, -0.25) is 9.59 Å². The third kappa shape index (κ3) is 4.53. The highest BCUT2D eigenvalue weighted by Gasteiger charge is 2.28. The van der Waals surface area contributed by atoms with Crippen LogP contribution in [0.5, 0.6) is 0 Å². The summed E-state index contributed by atoms with van der Waals surface area (Å²) in [5, 5.41) is 2.74. The highest BCUT2D eigenvalue weighted by molar-refractivity contribution is 5.76. The maximum atomic E-state index is 13.5. The van der Waals surface area contributed by atoms with E-state index in [0.717, 1.165) is 30.8 Å². The molecule has 1 amide bonds. The second kappa shape index (κ2) is 7.89. The van der Waals surface area contributed by atoms with Gasteiger partial charge in [-0.15, -0.1) is 0 Å². The minimum absolute atomic E-state index is 0.0461. The van der Waals surface area contributed by atoms with Gasteiger partial charge in [-0.1, -0.05) is 18.2 Å². The lowest BCUT2D eigenvalue weighted by Gasteiger charge is -2.27. The Morgan fingerprint density at radius 3 is 2.64 bits per heavy atom. The molecule has 5 nitrogen and oxygen atoms in total. The van der Waals surface area contributed by atoms with E-state index in [2.05, 4.69) is 5.32 Å². The summed E-state index contributed by atoms with van der Waals surface area (Å²) in [5.74, 6) is -0.623. The highest BCUT2D eigenvalue weighted by Crippen LogP contribution is 2.10. The molecule has 0 aromatic heterocycles. The van der Waals surface area contributed by atoms with E-state index < -0.39 is 0 Å². The van der Waals surface area contributed by atoms with Crippen LogP contribution in [0, 0.1) is 11.7 Å². The van der Waals surface area contributed by atoms with Crippen molar-refractivity contribution in [2.45, 2.75) is 19.4 Å². The van der Waals surface area contributed by atoms with Gasteiger partial charge in [-0.25, -0.2) is 4.39 Å². The fraction of sp³-hybridized carbons (Fsp3) is 0.500. The van der Waals surface area contributed by atoms with E-state index in [1.54, 1.807) is 18.2 Å². The third-order valence-electron chi connectivity index (χ3n) is 4.07. The van der Waals surface area contributed by atoms with Gasteiger partial charge in [0.25, 0.3) is 5.91 Å². The molecule has 2 rings (SSSR count). The number of rotatable bonds is 5. The molecular weight excluding hydrogens is 287 g/mol. The minimum atomic E-state index is -0.311. The Bertz CT molecular complexity index is 528. The molecule has 1 aromatic rings. The zero-order valence-electron chi connectivity index (χ0n) is 12.7. The minimum Gasteiger partial charge on any atom is -0.469 e. The Morgan fingerprint density at radius 2 is 2.00 bits per heavy atom. The van der Waals surface area contributed by atoms with Gasteiger partial charge >= 0.3 is 5.97 Å². The van der Waals surface area contributed by atoms with Crippen LogP contribution in [0.3, 0.4) is 0 Å². The number of hydrogen-bond acceptors (Lipinski definition) is 3. The Labute approximate surface area is 129 Å². The number of ether oxygens (including phenoxy) is 1. The van der Waals surface area contributed by atoms with E-state index in [-0.39, 0.29) is 30.2 Å². The molecule has 0 spiro atoms. The first kappa shape index (κ1) is 16.4. The van der Waals surface area contributed by atoms with Crippen molar-refractivity contribution in [2.75, 3.05) is 26.7 Å². The SMILES string of the molecule is COC(=O)C1CC[NH+](CC(=O)NCc2ccccc2F)CC1. The Morgan fingerprint density at radius 1 is 1.32 bits per heavy atom. The summed E-state index contributed by atoms with van der Waals surface area (Å²) < 4.78 is 18.2. The molecule has 6 heteroatoms.